The van der Waals surface area contributed by atoms with Crippen molar-refractivity contribution in [2.75, 3.05) is 0 Å². The average molecular weight is 335 g/mol. The van der Waals surface area contributed by atoms with Crippen LogP contribution in [0, 0.1) is 6.92 Å². The SMILES string of the molecule is Cc1ccccc1O.O=S(=O)(O)c1ccc(Cl)c(Cl)c1. The molecule has 0 unspecified atom stereocenters. The molecule has 0 aromatic heterocycles. The monoisotopic (exact) mass is 334 g/mol. The van der Waals surface area contributed by atoms with Crippen molar-refractivity contribution in [1.82, 2.24) is 0 Å². The number of halogens is 2. The molecule has 0 heterocycles. The van der Waals surface area contributed by atoms with Crippen molar-refractivity contribution in [3.05, 3.63) is 58.1 Å². The first kappa shape index (κ1) is 16.8. The lowest BCUT2D eigenvalue weighted by Gasteiger charge is -1.98. The zero-order valence-corrected chi connectivity index (χ0v) is 12.7. The molecule has 2 N–H and O–H groups in total. The molecule has 0 spiro atoms. The number of aryl methyl sites for hydroxylation is 1. The Balaban J connectivity index is 0.000000217. The fourth-order valence-corrected chi connectivity index (χ4v) is 2.07. The van der Waals surface area contributed by atoms with Gasteiger partial charge in [-0.25, -0.2) is 0 Å². The third-order valence-electron chi connectivity index (χ3n) is 2.30. The van der Waals surface area contributed by atoms with Gasteiger partial charge in [0.15, 0.2) is 0 Å². The maximum atomic E-state index is 10.6. The molecule has 0 saturated heterocycles. The van der Waals surface area contributed by atoms with Crippen molar-refractivity contribution in [2.45, 2.75) is 11.8 Å². The second-order valence-corrected chi connectivity index (χ2v) is 6.07. The van der Waals surface area contributed by atoms with Gasteiger partial charge in [0.2, 0.25) is 0 Å². The van der Waals surface area contributed by atoms with Gasteiger partial charge in [-0.15, -0.1) is 0 Å². The van der Waals surface area contributed by atoms with Gasteiger partial charge in [-0.3, -0.25) is 4.55 Å². The molecule has 108 valence electrons. The van der Waals surface area contributed by atoms with Crippen LogP contribution in [0.25, 0.3) is 0 Å². The van der Waals surface area contributed by atoms with Gasteiger partial charge in [-0.1, -0.05) is 41.4 Å². The molecule has 0 amide bonds. The first-order valence-electron chi connectivity index (χ1n) is 5.39. The molecule has 4 nitrogen and oxygen atoms in total. The fraction of sp³-hybridized carbons (Fsp3) is 0.0769. The van der Waals surface area contributed by atoms with Crippen LogP contribution < -0.4 is 0 Å². The van der Waals surface area contributed by atoms with E-state index in [1.807, 2.05) is 25.1 Å². The molecule has 0 bridgehead atoms. The van der Waals surface area contributed by atoms with Crippen LogP contribution in [0.1, 0.15) is 5.56 Å². The van der Waals surface area contributed by atoms with Crippen LogP contribution in [0.3, 0.4) is 0 Å². The Morgan fingerprint density at radius 2 is 1.60 bits per heavy atom. The lowest BCUT2D eigenvalue weighted by atomic mass is 10.2. The van der Waals surface area contributed by atoms with E-state index in [1.54, 1.807) is 6.07 Å². The van der Waals surface area contributed by atoms with Gasteiger partial charge in [-0.05, 0) is 36.8 Å². The fourth-order valence-electron chi connectivity index (χ4n) is 1.20. The lowest BCUT2D eigenvalue weighted by Crippen LogP contribution is -1.97. The summed E-state index contributed by atoms with van der Waals surface area (Å²) in [5.74, 6) is 0.368. The van der Waals surface area contributed by atoms with Crippen molar-refractivity contribution in [3.8, 4) is 5.75 Å². The Kier molecular flexibility index (Phi) is 5.83. The summed E-state index contributed by atoms with van der Waals surface area (Å²) < 4.78 is 29.7. The van der Waals surface area contributed by atoms with E-state index in [4.69, 9.17) is 32.9 Å². The molecular weight excluding hydrogens is 323 g/mol. The Morgan fingerprint density at radius 1 is 1.00 bits per heavy atom. The minimum atomic E-state index is -4.19. The summed E-state index contributed by atoms with van der Waals surface area (Å²) in [4.78, 5) is -0.267. The van der Waals surface area contributed by atoms with Crippen molar-refractivity contribution in [3.63, 3.8) is 0 Å². The highest BCUT2D eigenvalue weighted by Gasteiger charge is 2.10. The summed E-state index contributed by atoms with van der Waals surface area (Å²) in [6.45, 7) is 1.87. The quantitative estimate of drug-likeness (QED) is 0.774. The molecular formula is C13H12Cl2O4S. The summed E-state index contributed by atoms with van der Waals surface area (Å²) in [5, 5.41) is 9.25. The number of hydrogen-bond acceptors (Lipinski definition) is 3. The van der Waals surface area contributed by atoms with Gasteiger partial charge < -0.3 is 5.11 Å². The van der Waals surface area contributed by atoms with E-state index in [2.05, 4.69) is 0 Å². The lowest BCUT2D eigenvalue weighted by molar-refractivity contribution is 0.471. The number of rotatable bonds is 1. The molecule has 7 heteroatoms. The average Bonchev–Trinajstić information content (AvgIpc) is 2.36. The van der Waals surface area contributed by atoms with Crippen molar-refractivity contribution >= 4 is 33.3 Å². The number of aromatic hydroxyl groups is 1. The standard InChI is InChI=1S/C7H8O.C6H4Cl2O3S/c1-6-4-2-3-5-7(6)8;7-5-2-1-4(3-6(5)8)12(9,10)11/h2-5,8H,1H3;1-3H,(H,9,10,11). The zero-order chi connectivity index (χ0) is 15.3. The van der Waals surface area contributed by atoms with E-state index in [-0.39, 0.29) is 14.9 Å². The van der Waals surface area contributed by atoms with Gasteiger partial charge in [-0.2, -0.15) is 8.42 Å². The van der Waals surface area contributed by atoms with Crippen molar-refractivity contribution in [1.29, 1.82) is 0 Å². The highest BCUT2D eigenvalue weighted by molar-refractivity contribution is 7.85. The molecule has 0 fully saturated rings. The van der Waals surface area contributed by atoms with Crippen LogP contribution in [0.4, 0.5) is 0 Å². The van der Waals surface area contributed by atoms with E-state index in [1.165, 1.54) is 12.1 Å². The number of phenols is 1. The zero-order valence-electron chi connectivity index (χ0n) is 10.4. The molecule has 0 radical (unpaired) electrons. The molecule has 0 aliphatic carbocycles. The van der Waals surface area contributed by atoms with Gasteiger partial charge in [0, 0.05) is 0 Å². The van der Waals surface area contributed by atoms with Crippen LogP contribution in [0.15, 0.2) is 47.4 Å². The minimum absolute atomic E-state index is 0.0896. The first-order chi connectivity index (χ1) is 9.21. The molecule has 0 aliphatic rings. The van der Waals surface area contributed by atoms with Gasteiger partial charge in [0.25, 0.3) is 10.1 Å². The predicted molar refractivity (Wildman–Crippen MR) is 79.1 cm³/mol. The second-order valence-electron chi connectivity index (χ2n) is 3.84. The largest absolute Gasteiger partial charge is 0.508 e. The first-order valence-corrected chi connectivity index (χ1v) is 7.58. The van der Waals surface area contributed by atoms with Gasteiger partial charge in [0.1, 0.15) is 5.75 Å². The molecule has 2 aromatic carbocycles. The maximum Gasteiger partial charge on any atom is 0.294 e. The van der Waals surface area contributed by atoms with E-state index in [9.17, 15) is 8.42 Å². The summed E-state index contributed by atoms with van der Waals surface area (Å²) in [5.41, 5.74) is 0.924. The number of phenolic OH excluding ortho intramolecular Hbond substituents is 1. The van der Waals surface area contributed by atoms with Crippen LogP contribution >= 0.6 is 23.2 Å². The number of hydrogen-bond donors (Lipinski definition) is 2. The topological polar surface area (TPSA) is 74.6 Å². The minimum Gasteiger partial charge on any atom is -0.508 e. The molecule has 2 rings (SSSR count). The molecule has 0 atom stereocenters. The number of para-hydroxylation sites is 1. The van der Waals surface area contributed by atoms with E-state index in [0.29, 0.717) is 5.75 Å². The van der Waals surface area contributed by atoms with E-state index in [0.717, 1.165) is 11.6 Å². The Morgan fingerprint density at radius 3 is 2.00 bits per heavy atom. The van der Waals surface area contributed by atoms with Crippen LogP contribution in [-0.4, -0.2) is 18.1 Å². The van der Waals surface area contributed by atoms with Crippen molar-refractivity contribution < 1.29 is 18.1 Å². The Labute approximate surface area is 127 Å². The summed E-state index contributed by atoms with van der Waals surface area (Å²) in [7, 11) is -4.19. The molecule has 20 heavy (non-hydrogen) atoms. The predicted octanol–water partition coefficient (Wildman–Crippen LogP) is 3.94. The summed E-state index contributed by atoms with van der Waals surface area (Å²) >= 11 is 11.0. The highest BCUT2D eigenvalue weighted by atomic mass is 35.5. The third-order valence-corrected chi connectivity index (χ3v) is 3.89. The Hall–Kier alpha value is -1.27. The van der Waals surface area contributed by atoms with E-state index < -0.39 is 10.1 Å². The molecule has 0 aliphatic heterocycles. The van der Waals surface area contributed by atoms with Crippen LogP contribution in [0.2, 0.25) is 10.0 Å². The third kappa shape index (κ3) is 5.02. The van der Waals surface area contributed by atoms with E-state index >= 15 is 0 Å². The van der Waals surface area contributed by atoms with Crippen LogP contribution in [-0.2, 0) is 10.1 Å². The smallest absolute Gasteiger partial charge is 0.294 e. The normalized spacial score (nSPS) is 10.6. The van der Waals surface area contributed by atoms with Gasteiger partial charge >= 0.3 is 0 Å². The summed E-state index contributed by atoms with van der Waals surface area (Å²) in [6.07, 6.45) is 0. The number of benzene rings is 2. The summed E-state index contributed by atoms with van der Waals surface area (Å²) in [6, 6.07) is 10.8. The second kappa shape index (κ2) is 6.95. The molecule has 2 aromatic rings. The Bertz CT molecular complexity index is 678. The molecule has 0 saturated carbocycles. The maximum absolute atomic E-state index is 10.6. The van der Waals surface area contributed by atoms with Crippen molar-refractivity contribution in [2.24, 2.45) is 0 Å². The highest BCUT2D eigenvalue weighted by Crippen LogP contribution is 2.24. The van der Waals surface area contributed by atoms with Gasteiger partial charge in [0.05, 0.1) is 14.9 Å². The van der Waals surface area contributed by atoms with Crippen LogP contribution in [0.5, 0.6) is 5.75 Å².